The number of aliphatic imine (C=N–C) groups is 1. The van der Waals surface area contributed by atoms with Gasteiger partial charge in [0.25, 0.3) is 0 Å². The molecule has 0 aromatic heterocycles. The molecule has 210 valence electrons. The summed E-state index contributed by atoms with van der Waals surface area (Å²) in [7, 11) is 2.63. The van der Waals surface area contributed by atoms with Crippen LogP contribution in [0.15, 0.2) is 83.9 Å². The van der Waals surface area contributed by atoms with Gasteiger partial charge in [-0.05, 0) is 35.2 Å². The normalized spacial score (nSPS) is 12.6. The van der Waals surface area contributed by atoms with E-state index in [9.17, 15) is 18.8 Å². The maximum absolute atomic E-state index is 13.7. The first-order valence-electron chi connectivity index (χ1n) is 12.7. The summed E-state index contributed by atoms with van der Waals surface area (Å²) >= 11 is 0. The van der Waals surface area contributed by atoms with Crippen LogP contribution in [0.1, 0.15) is 23.1 Å². The highest BCUT2D eigenvalue weighted by Crippen LogP contribution is 2.18. The highest BCUT2D eigenvalue weighted by atomic mass is 19.1. The van der Waals surface area contributed by atoms with E-state index in [-0.39, 0.29) is 31.1 Å². The average molecular weight is 549 g/mol. The Morgan fingerprint density at radius 3 is 2.12 bits per heavy atom. The summed E-state index contributed by atoms with van der Waals surface area (Å²) in [5, 5.41) is 5.26. The van der Waals surface area contributed by atoms with E-state index in [4.69, 9.17) is 15.2 Å². The third-order valence-corrected chi connectivity index (χ3v) is 6.11. The van der Waals surface area contributed by atoms with Crippen molar-refractivity contribution in [1.29, 1.82) is 0 Å². The Bertz CT molecular complexity index is 1320. The number of nitrogens with zero attached hydrogens (tertiary/aromatic N) is 1. The maximum atomic E-state index is 13.7. The Hall–Kier alpha value is -4.73. The van der Waals surface area contributed by atoms with Crippen LogP contribution in [-0.2, 0) is 38.5 Å². The molecule has 0 bridgehead atoms. The molecule has 2 unspecified atom stereocenters. The molecule has 0 aliphatic carbocycles. The van der Waals surface area contributed by atoms with Gasteiger partial charge in [-0.3, -0.25) is 19.7 Å². The highest BCUT2D eigenvalue weighted by molar-refractivity contribution is 5.98. The van der Waals surface area contributed by atoms with E-state index < -0.39 is 35.6 Å². The Kier molecular flexibility index (Phi) is 11.2. The van der Waals surface area contributed by atoms with Crippen LogP contribution >= 0.6 is 0 Å². The van der Waals surface area contributed by atoms with Crippen LogP contribution in [0, 0.1) is 11.7 Å². The molecule has 0 heterocycles. The van der Waals surface area contributed by atoms with E-state index in [2.05, 4.69) is 15.6 Å². The second kappa shape index (κ2) is 15.0. The lowest BCUT2D eigenvalue weighted by Gasteiger charge is -2.16. The molecular weight excluding hydrogens is 515 g/mol. The number of benzene rings is 3. The number of guanidine groups is 1. The van der Waals surface area contributed by atoms with Gasteiger partial charge in [0.15, 0.2) is 17.5 Å². The van der Waals surface area contributed by atoms with Gasteiger partial charge in [-0.1, -0.05) is 66.7 Å². The minimum atomic E-state index is -0.967. The second-order valence-electron chi connectivity index (χ2n) is 9.07. The Morgan fingerprint density at radius 1 is 0.900 bits per heavy atom. The second-order valence-corrected chi connectivity index (χ2v) is 9.07. The Balaban J connectivity index is 1.70. The molecule has 0 fully saturated rings. The van der Waals surface area contributed by atoms with Crippen LogP contribution in [-0.4, -0.2) is 44.0 Å². The standard InChI is InChI=1S/C30H33FN4O5/c1-39-26-17-22(13-14-24(26)31)19-33-28(37)25(16-21-11-7-4-8-12-21)34-30(32)35-27(36)18-23(29(38)40-2)15-20-9-5-3-6-10-20/h3-14,17,23,25H,15-16,18-19H2,1-2H3,(H,33,37)(H3,32,34,35,36). The SMILES string of the molecule is COC(=O)C(CC(=O)NC(N)=NC(Cc1ccccc1)C(=O)NCc1ccc(F)c(OC)c1)Cc1ccccc1. The molecule has 0 aliphatic heterocycles. The maximum Gasteiger partial charge on any atom is 0.309 e. The number of carbonyl (C=O) groups is 3. The predicted molar refractivity (Wildman–Crippen MR) is 149 cm³/mol. The minimum Gasteiger partial charge on any atom is -0.494 e. The number of carbonyl (C=O) groups excluding carboxylic acids is 3. The number of methoxy groups -OCH3 is 2. The molecule has 40 heavy (non-hydrogen) atoms. The number of ether oxygens (including phenoxy) is 2. The number of hydrogen-bond donors (Lipinski definition) is 3. The smallest absolute Gasteiger partial charge is 0.309 e. The molecule has 0 saturated carbocycles. The molecule has 0 aliphatic rings. The van der Waals surface area contributed by atoms with Crippen molar-refractivity contribution in [3.63, 3.8) is 0 Å². The lowest BCUT2D eigenvalue weighted by Crippen LogP contribution is -2.42. The number of halogens is 1. The summed E-state index contributed by atoms with van der Waals surface area (Å²) in [6.45, 7) is 0.100. The van der Waals surface area contributed by atoms with Crippen LogP contribution in [0.25, 0.3) is 0 Å². The number of rotatable bonds is 12. The summed E-state index contributed by atoms with van der Waals surface area (Å²) in [6.07, 6.45) is 0.347. The minimum absolute atomic E-state index is 0.0649. The van der Waals surface area contributed by atoms with Crippen LogP contribution in [0.4, 0.5) is 4.39 Å². The number of hydrogen-bond acceptors (Lipinski definition) is 6. The molecular formula is C30H33FN4O5. The van der Waals surface area contributed by atoms with Crippen molar-refractivity contribution in [1.82, 2.24) is 10.6 Å². The van der Waals surface area contributed by atoms with Crippen LogP contribution in [0.5, 0.6) is 5.75 Å². The summed E-state index contributed by atoms with van der Waals surface area (Å²) in [4.78, 5) is 42.5. The fourth-order valence-electron chi connectivity index (χ4n) is 4.08. The number of nitrogens with one attached hydrogen (secondary N) is 2. The van der Waals surface area contributed by atoms with Crippen molar-refractivity contribution in [2.45, 2.75) is 31.8 Å². The zero-order valence-electron chi connectivity index (χ0n) is 22.4. The third-order valence-electron chi connectivity index (χ3n) is 6.11. The number of amides is 2. The van der Waals surface area contributed by atoms with E-state index in [1.165, 1.54) is 32.4 Å². The molecule has 2 amide bonds. The van der Waals surface area contributed by atoms with Gasteiger partial charge in [0.1, 0.15) is 6.04 Å². The Morgan fingerprint density at radius 2 is 1.52 bits per heavy atom. The monoisotopic (exact) mass is 548 g/mol. The molecule has 0 saturated heterocycles. The lowest BCUT2D eigenvalue weighted by molar-refractivity contribution is -0.147. The van der Waals surface area contributed by atoms with Gasteiger partial charge in [-0.2, -0.15) is 0 Å². The van der Waals surface area contributed by atoms with Gasteiger partial charge >= 0.3 is 5.97 Å². The fraction of sp³-hybridized carbons (Fsp3) is 0.267. The van der Waals surface area contributed by atoms with Crippen molar-refractivity contribution in [3.05, 3.63) is 101 Å². The molecule has 3 rings (SSSR count). The largest absolute Gasteiger partial charge is 0.494 e. The molecule has 0 spiro atoms. The van der Waals surface area contributed by atoms with Crippen molar-refractivity contribution in [3.8, 4) is 5.75 Å². The van der Waals surface area contributed by atoms with Gasteiger partial charge in [-0.15, -0.1) is 0 Å². The van der Waals surface area contributed by atoms with E-state index in [1.807, 2.05) is 60.7 Å². The third kappa shape index (κ3) is 9.23. The average Bonchev–Trinajstić information content (AvgIpc) is 2.96. The Labute approximate surface area is 232 Å². The van der Waals surface area contributed by atoms with Crippen LogP contribution < -0.4 is 21.1 Å². The van der Waals surface area contributed by atoms with Crippen molar-refractivity contribution >= 4 is 23.7 Å². The van der Waals surface area contributed by atoms with Gasteiger partial charge in [-0.25, -0.2) is 9.38 Å². The highest BCUT2D eigenvalue weighted by Gasteiger charge is 2.24. The zero-order valence-corrected chi connectivity index (χ0v) is 22.4. The predicted octanol–water partition coefficient (Wildman–Crippen LogP) is 2.91. The topological polar surface area (TPSA) is 132 Å². The molecule has 2 atom stereocenters. The first-order valence-corrected chi connectivity index (χ1v) is 12.7. The van der Waals surface area contributed by atoms with E-state index in [0.29, 0.717) is 12.0 Å². The van der Waals surface area contributed by atoms with Gasteiger partial charge in [0, 0.05) is 19.4 Å². The molecule has 4 N–H and O–H groups in total. The van der Waals surface area contributed by atoms with Crippen LogP contribution in [0.3, 0.4) is 0 Å². The fourth-order valence-corrected chi connectivity index (χ4v) is 4.08. The van der Waals surface area contributed by atoms with Gasteiger partial charge in [0.2, 0.25) is 11.8 Å². The van der Waals surface area contributed by atoms with E-state index >= 15 is 0 Å². The first-order chi connectivity index (χ1) is 19.3. The zero-order chi connectivity index (χ0) is 28.9. The van der Waals surface area contributed by atoms with E-state index in [1.54, 1.807) is 0 Å². The van der Waals surface area contributed by atoms with E-state index in [0.717, 1.165) is 11.1 Å². The number of esters is 1. The summed E-state index contributed by atoms with van der Waals surface area (Å²) in [5.74, 6) is -2.93. The first kappa shape index (κ1) is 29.8. The lowest BCUT2D eigenvalue weighted by atomic mass is 9.96. The molecule has 0 radical (unpaired) electrons. The van der Waals surface area contributed by atoms with Crippen LogP contribution in [0.2, 0.25) is 0 Å². The van der Waals surface area contributed by atoms with Crippen molar-refractivity contribution < 1.29 is 28.2 Å². The summed E-state index contributed by atoms with van der Waals surface area (Å²) in [5.41, 5.74) is 8.37. The molecule has 9 nitrogen and oxygen atoms in total. The summed E-state index contributed by atoms with van der Waals surface area (Å²) < 4.78 is 23.6. The molecule has 10 heteroatoms. The van der Waals surface area contributed by atoms with Crippen molar-refractivity contribution in [2.24, 2.45) is 16.6 Å². The van der Waals surface area contributed by atoms with Gasteiger partial charge in [0.05, 0.1) is 20.1 Å². The molecule has 3 aromatic rings. The number of nitrogens with two attached hydrogens (primary N) is 1. The van der Waals surface area contributed by atoms with Gasteiger partial charge < -0.3 is 20.5 Å². The van der Waals surface area contributed by atoms with Crippen molar-refractivity contribution in [2.75, 3.05) is 14.2 Å². The summed E-state index contributed by atoms with van der Waals surface area (Å²) in [6, 6.07) is 21.8. The quantitative estimate of drug-likeness (QED) is 0.181. The molecule has 3 aromatic carbocycles.